The van der Waals surface area contributed by atoms with E-state index in [1.54, 1.807) is 0 Å². The van der Waals surface area contributed by atoms with Crippen molar-refractivity contribution in [3.8, 4) is 0 Å². The number of benzene rings is 1. The van der Waals surface area contributed by atoms with Crippen molar-refractivity contribution in [1.29, 1.82) is 0 Å². The van der Waals surface area contributed by atoms with E-state index in [1.165, 1.54) is 24.0 Å². The van der Waals surface area contributed by atoms with Crippen LogP contribution in [0.2, 0.25) is 0 Å². The summed E-state index contributed by atoms with van der Waals surface area (Å²) in [4.78, 5) is 4.53. The van der Waals surface area contributed by atoms with Crippen molar-refractivity contribution in [3.63, 3.8) is 0 Å². The van der Waals surface area contributed by atoms with Crippen molar-refractivity contribution in [2.75, 3.05) is 0 Å². The van der Waals surface area contributed by atoms with Crippen LogP contribution in [0.4, 0.5) is 0 Å². The molecule has 0 bridgehead atoms. The molecular formula is C16H23ClN4. The zero-order chi connectivity index (χ0) is 13.9. The maximum absolute atomic E-state index is 4.53. The number of halogens is 1. The van der Waals surface area contributed by atoms with Crippen LogP contribution in [0.5, 0.6) is 0 Å². The molecule has 1 aliphatic carbocycles. The number of aromatic nitrogens is 3. The van der Waals surface area contributed by atoms with Crippen LogP contribution >= 0.6 is 12.4 Å². The number of hydrogen-bond acceptors (Lipinski definition) is 3. The Balaban J connectivity index is 0.00000161. The van der Waals surface area contributed by atoms with Gasteiger partial charge >= 0.3 is 0 Å². The standard InChI is InChI=1S/C16H22N4.ClH/c1-3-13-4-6-14(7-5-13)11-20-16(18-12(2)19-20)10-17-15-8-9-15;/h4-7,15,17H,3,8-11H2,1-2H3;1H. The lowest BCUT2D eigenvalue weighted by Crippen LogP contribution is -2.19. The van der Waals surface area contributed by atoms with Gasteiger partial charge in [0.05, 0.1) is 13.1 Å². The van der Waals surface area contributed by atoms with Crippen molar-refractivity contribution < 1.29 is 0 Å². The van der Waals surface area contributed by atoms with Crippen molar-refractivity contribution in [3.05, 3.63) is 47.0 Å². The summed E-state index contributed by atoms with van der Waals surface area (Å²) < 4.78 is 2.02. The molecule has 21 heavy (non-hydrogen) atoms. The predicted molar refractivity (Wildman–Crippen MR) is 86.8 cm³/mol. The fraction of sp³-hybridized carbons (Fsp3) is 0.500. The number of hydrogen-bond donors (Lipinski definition) is 1. The predicted octanol–water partition coefficient (Wildman–Crippen LogP) is 2.87. The van der Waals surface area contributed by atoms with Crippen molar-refractivity contribution in [1.82, 2.24) is 20.1 Å². The normalized spacial score (nSPS) is 14.0. The van der Waals surface area contributed by atoms with Crippen LogP contribution in [-0.4, -0.2) is 20.8 Å². The third-order valence-electron chi connectivity index (χ3n) is 3.74. The van der Waals surface area contributed by atoms with E-state index >= 15 is 0 Å². The van der Waals surface area contributed by atoms with Gasteiger partial charge in [-0.2, -0.15) is 5.10 Å². The van der Waals surface area contributed by atoms with Crippen molar-refractivity contribution >= 4 is 12.4 Å². The second-order valence-electron chi connectivity index (χ2n) is 5.56. The number of rotatable bonds is 6. The van der Waals surface area contributed by atoms with Gasteiger partial charge < -0.3 is 5.32 Å². The highest BCUT2D eigenvalue weighted by Gasteiger charge is 2.21. The lowest BCUT2D eigenvalue weighted by molar-refractivity contribution is 0.582. The maximum Gasteiger partial charge on any atom is 0.147 e. The largest absolute Gasteiger partial charge is 0.307 e. The SMILES string of the molecule is CCc1ccc(Cn2nc(C)nc2CNC2CC2)cc1.Cl. The molecule has 5 heteroatoms. The van der Waals surface area contributed by atoms with Crippen LogP contribution in [0.3, 0.4) is 0 Å². The van der Waals surface area contributed by atoms with Crippen LogP contribution < -0.4 is 5.32 Å². The molecule has 4 nitrogen and oxygen atoms in total. The van der Waals surface area contributed by atoms with E-state index in [-0.39, 0.29) is 12.4 Å². The van der Waals surface area contributed by atoms with Crippen LogP contribution in [0.25, 0.3) is 0 Å². The van der Waals surface area contributed by atoms with Crippen molar-refractivity contribution in [2.45, 2.75) is 52.2 Å². The Morgan fingerprint density at radius 2 is 1.86 bits per heavy atom. The summed E-state index contributed by atoms with van der Waals surface area (Å²) >= 11 is 0. The second-order valence-corrected chi connectivity index (χ2v) is 5.56. The van der Waals surface area contributed by atoms with Gasteiger partial charge in [-0.05, 0) is 37.3 Å². The van der Waals surface area contributed by atoms with Gasteiger partial charge in [0.15, 0.2) is 0 Å². The van der Waals surface area contributed by atoms with E-state index < -0.39 is 0 Å². The van der Waals surface area contributed by atoms with E-state index in [2.05, 4.69) is 46.6 Å². The van der Waals surface area contributed by atoms with Gasteiger partial charge in [0, 0.05) is 6.04 Å². The minimum Gasteiger partial charge on any atom is -0.307 e. The molecule has 1 fully saturated rings. The average molecular weight is 307 g/mol. The molecule has 0 atom stereocenters. The first-order chi connectivity index (χ1) is 9.74. The first kappa shape index (κ1) is 16.0. The third kappa shape index (κ3) is 4.29. The van der Waals surface area contributed by atoms with Gasteiger partial charge in [-0.1, -0.05) is 31.2 Å². The molecule has 1 aromatic carbocycles. The van der Waals surface area contributed by atoms with Gasteiger partial charge in [0.1, 0.15) is 11.6 Å². The summed E-state index contributed by atoms with van der Waals surface area (Å²) in [5, 5.41) is 8.02. The van der Waals surface area contributed by atoms with Gasteiger partial charge in [0.25, 0.3) is 0 Å². The van der Waals surface area contributed by atoms with Crippen LogP contribution in [0, 0.1) is 6.92 Å². The molecule has 1 saturated carbocycles. The molecule has 0 spiro atoms. The molecular weight excluding hydrogens is 284 g/mol. The Morgan fingerprint density at radius 3 is 2.48 bits per heavy atom. The van der Waals surface area contributed by atoms with Crippen LogP contribution in [0.1, 0.15) is 42.5 Å². The summed E-state index contributed by atoms with van der Waals surface area (Å²) in [6.45, 7) is 5.75. The Morgan fingerprint density at radius 1 is 1.19 bits per heavy atom. The number of nitrogens with one attached hydrogen (secondary N) is 1. The summed E-state index contributed by atoms with van der Waals surface area (Å²) in [6.07, 6.45) is 3.68. The molecule has 2 aromatic rings. The van der Waals surface area contributed by atoms with E-state index in [0.717, 1.165) is 31.2 Å². The zero-order valence-corrected chi connectivity index (χ0v) is 13.5. The monoisotopic (exact) mass is 306 g/mol. The highest BCUT2D eigenvalue weighted by atomic mass is 35.5. The highest BCUT2D eigenvalue weighted by Crippen LogP contribution is 2.19. The Kier molecular flexibility index (Phi) is 5.37. The molecule has 3 rings (SSSR count). The lowest BCUT2D eigenvalue weighted by Gasteiger charge is -2.07. The van der Waals surface area contributed by atoms with Gasteiger partial charge in [-0.25, -0.2) is 9.67 Å². The quantitative estimate of drug-likeness (QED) is 0.892. The van der Waals surface area contributed by atoms with Crippen LogP contribution in [-0.2, 0) is 19.5 Å². The van der Waals surface area contributed by atoms with Gasteiger partial charge in [-0.15, -0.1) is 12.4 Å². The topological polar surface area (TPSA) is 42.7 Å². The van der Waals surface area contributed by atoms with E-state index in [9.17, 15) is 0 Å². The smallest absolute Gasteiger partial charge is 0.147 e. The molecule has 0 amide bonds. The maximum atomic E-state index is 4.53. The first-order valence-electron chi connectivity index (χ1n) is 7.46. The van der Waals surface area contributed by atoms with E-state index in [0.29, 0.717) is 6.04 Å². The van der Waals surface area contributed by atoms with Crippen LogP contribution in [0.15, 0.2) is 24.3 Å². The van der Waals surface area contributed by atoms with Gasteiger partial charge in [0.2, 0.25) is 0 Å². The Bertz CT molecular complexity index is 572. The Labute approximate surface area is 132 Å². The first-order valence-corrected chi connectivity index (χ1v) is 7.46. The Hall–Kier alpha value is -1.39. The molecule has 1 N–H and O–H groups in total. The molecule has 1 aliphatic rings. The molecule has 1 aromatic heterocycles. The molecule has 1 heterocycles. The lowest BCUT2D eigenvalue weighted by atomic mass is 10.1. The fourth-order valence-corrected chi connectivity index (χ4v) is 2.33. The molecule has 0 aliphatic heterocycles. The fourth-order valence-electron chi connectivity index (χ4n) is 2.33. The second kappa shape index (κ2) is 7.05. The molecule has 0 unspecified atom stereocenters. The number of aryl methyl sites for hydroxylation is 2. The van der Waals surface area contributed by atoms with Crippen molar-refractivity contribution in [2.24, 2.45) is 0 Å². The summed E-state index contributed by atoms with van der Waals surface area (Å²) in [5.74, 6) is 1.89. The minimum absolute atomic E-state index is 0. The molecule has 0 radical (unpaired) electrons. The molecule has 0 saturated heterocycles. The highest BCUT2D eigenvalue weighted by molar-refractivity contribution is 5.85. The summed E-state index contributed by atoms with van der Waals surface area (Å²) in [5.41, 5.74) is 2.65. The van der Waals surface area contributed by atoms with Gasteiger partial charge in [-0.3, -0.25) is 0 Å². The average Bonchev–Trinajstić information content (AvgIpc) is 3.22. The summed E-state index contributed by atoms with van der Waals surface area (Å²) in [6, 6.07) is 9.47. The van der Waals surface area contributed by atoms with E-state index in [4.69, 9.17) is 0 Å². The minimum atomic E-state index is 0. The summed E-state index contributed by atoms with van der Waals surface area (Å²) in [7, 11) is 0. The molecule has 114 valence electrons. The van der Waals surface area contributed by atoms with E-state index in [1.807, 2.05) is 11.6 Å². The third-order valence-corrected chi connectivity index (χ3v) is 3.74. The number of nitrogens with zero attached hydrogens (tertiary/aromatic N) is 3. The zero-order valence-electron chi connectivity index (χ0n) is 12.7.